The molecule has 0 saturated carbocycles. The zero-order valence-electron chi connectivity index (χ0n) is 13.4. The van der Waals surface area contributed by atoms with Gasteiger partial charge >= 0.3 is 0 Å². The normalized spacial score (nSPS) is 14.3. The molecule has 0 radical (unpaired) electrons. The molecule has 4 nitrogen and oxygen atoms in total. The van der Waals surface area contributed by atoms with Crippen LogP contribution in [-0.4, -0.2) is 24.0 Å². The summed E-state index contributed by atoms with van der Waals surface area (Å²) in [5, 5.41) is 4.53. The summed E-state index contributed by atoms with van der Waals surface area (Å²) in [6.45, 7) is 8.78. The van der Waals surface area contributed by atoms with E-state index in [1.54, 1.807) is 11.3 Å². The summed E-state index contributed by atoms with van der Waals surface area (Å²) in [5.74, 6) is 0.970. The molecule has 0 aliphatic carbocycles. The number of hydrogen-bond donors (Lipinski definition) is 1. The Morgan fingerprint density at radius 1 is 1.36 bits per heavy atom. The summed E-state index contributed by atoms with van der Waals surface area (Å²) in [6.07, 6.45) is 1.08. The second-order valence-corrected chi connectivity index (χ2v) is 6.73. The van der Waals surface area contributed by atoms with Gasteiger partial charge in [0.25, 0.3) is 0 Å². The fourth-order valence-corrected chi connectivity index (χ4v) is 3.68. The predicted molar refractivity (Wildman–Crippen MR) is 93.9 cm³/mol. The van der Waals surface area contributed by atoms with Gasteiger partial charge in [0.05, 0.1) is 17.2 Å². The maximum atomic E-state index is 4.84. The van der Waals surface area contributed by atoms with Crippen molar-refractivity contribution in [1.29, 1.82) is 0 Å². The molecule has 3 rings (SSSR count). The second-order valence-electron chi connectivity index (χ2n) is 5.44. The number of rotatable bonds is 3. The number of aryl methyl sites for hydroxylation is 2. The third kappa shape index (κ3) is 2.99. The van der Waals surface area contributed by atoms with E-state index >= 15 is 0 Å². The Morgan fingerprint density at radius 2 is 2.18 bits per heavy atom. The second kappa shape index (κ2) is 6.48. The van der Waals surface area contributed by atoms with Crippen molar-refractivity contribution in [2.24, 2.45) is 4.99 Å². The zero-order valence-corrected chi connectivity index (χ0v) is 14.2. The molecule has 0 saturated heterocycles. The highest BCUT2D eigenvalue weighted by Gasteiger charge is 2.22. The Labute approximate surface area is 135 Å². The Morgan fingerprint density at radius 3 is 2.91 bits per heavy atom. The summed E-state index contributed by atoms with van der Waals surface area (Å²) in [5.41, 5.74) is 3.78. The smallest absolute Gasteiger partial charge is 0.198 e. The fraction of sp³-hybridized carbons (Fsp3) is 0.412. The molecule has 1 aromatic carbocycles. The standard InChI is InChI=1S/C17H22N4S/c1-4-18-17(19-11-16-12(2)20-13(3)22-16)21-10-9-14-7-5-6-8-15(14)21/h5-8H,4,9-11H2,1-3H3,(H,18,19). The Kier molecular flexibility index (Phi) is 4.43. The summed E-state index contributed by atoms with van der Waals surface area (Å²) in [6, 6.07) is 8.58. The van der Waals surface area contributed by atoms with Crippen LogP contribution in [0.1, 0.15) is 28.1 Å². The van der Waals surface area contributed by atoms with E-state index in [9.17, 15) is 0 Å². The number of hydrogen-bond acceptors (Lipinski definition) is 3. The molecule has 1 aliphatic heterocycles. The van der Waals surface area contributed by atoms with Gasteiger partial charge in [-0.05, 0) is 38.8 Å². The Balaban J connectivity index is 1.84. The van der Waals surface area contributed by atoms with E-state index in [-0.39, 0.29) is 0 Å². The summed E-state index contributed by atoms with van der Waals surface area (Å²) < 4.78 is 0. The number of nitrogens with zero attached hydrogens (tertiary/aromatic N) is 3. The Bertz CT molecular complexity index is 690. The van der Waals surface area contributed by atoms with Crippen LogP contribution in [0.15, 0.2) is 29.3 Å². The van der Waals surface area contributed by atoms with Crippen LogP contribution < -0.4 is 10.2 Å². The molecule has 1 N–H and O–H groups in total. The van der Waals surface area contributed by atoms with E-state index in [1.165, 1.54) is 16.1 Å². The molecule has 0 spiro atoms. The lowest BCUT2D eigenvalue weighted by molar-refractivity contribution is 0.883. The lowest BCUT2D eigenvalue weighted by atomic mass is 10.2. The van der Waals surface area contributed by atoms with Gasteiger partial charge in [0.2, 0.25) is 0 Å². The lowest BCUT2D eigenvalue weighted by Gasteiger charge is -2.22. The van der Waals surface area contributed by atoms with Crippen LogP contribution >= 0.6 is 11.3 Å². The first-order chi connectivity index (χ1) is 10.7. The van der Waals surface area contributed by atoms with Crippen LogP contribution in [0.4, 0.5) is 5.69 Å². The van der Waals surface area contributed by atoms with E-state index in [0.717, 1.165) is 36.2 Å². The van der Waals surface area contributed by atoms with E-state index in [4.69, 9.17) is 4.99 Å². The van der Waals surface area contributed by atoms with Gasteiger partial charge in [0.1, 0.15) is 0 Å². The van der Waals surface area contributed by atoms with Crippen LogP contribution in [-0.2, 0) is 13.0 Å². The zero-order chi connectivity index (χ0) is 15.5. The highest BCUT2D eigenvalue weighted by atomic mass is 32.1. The first kappa shape index (κ1) is 15.0. The summed E-state index contributed by atoms with van der Waals surface area (Å²) in [4.78, 5) is 12.9. The molecular weight excluding hydrogens is 292 g/mol. The number of fused-ring (bicyclic) bond motifs is 1. The molecule has 0 atom stereocenters. The quantitative estimate of drug-likeness (QED) is 0.698. The van der Waals surface area contributed by atoms with Crippen LogP contribution in [0.25, 0.3) is 0 Å². The van der Waals surface area contributed by atoms with Crippen LogP contribution in [0.5, 0.6) is 0 Å². The maximum Gasteiger partial charge on any atom is 0.198 e. The van der Waals surface area contributed by atoms with Crippen molar-refractivity contribution in [3.8, 4) is 0 Å². The molecule has 0 amide bonds. The monoisotopic (exact) mass is 314 g/mol. The number of guanidine groups is 1. The van der Waals surface area contributed by atoms with Crippen molar-refractivity contribution in [3.63, 3.8) is 0 Å². The molecule has 22 heavy (non-hydrogen) atoms. The first-order valence-corrected chi connectivity index (χ1v) is 8.57. The third-order valence-electron chi connectivity index (χ3n) is 3.85. The van der Waals surface area contributed by atoms with Gasteiger partial charge in [-0.1, -0.05) is 18.2 Å². The van der Waals surface area contributed by atoms with Crippen molar-refractivity contribution in [1.82, 2.24) is 10.3 Å². The van der Waals surface area contributed by atoms with Gasteiger partial charge in [-0.3, -0.25) is 0 Å². The van der Waals surface area contributed by atoms with E-state index in [2.05, 4.69) is 53.3 Å². The van der Waals surface area contributed by atoms with Crippen LogP contribution in [0.2, 0.25) is 0 Å². The molecular formula is C17H22N4S. The minimum absolute atomic E-state index is 0.693. The van der Waals surface area contributed by atoms with Gasteiger partial charge in [-0.15, -0.1) is 11.3 Å². The fourth-order valence-electron chi connectivity index (χ4n) is 2.82. The average molecular weight is 314 g/mol. The topological polar surface area (TPSA) is 40.5 Å². The van der Waals surface area contributed by atoms with Crippen molar-refractivity contribution >= 4 is 23.0 Å². The minimum atomic E-state index is 0.693. The van der Waals surface area contributed by atoms with Gasteiger partial charge in [-0.2, -0.15) is 0 Å². The van der Waals surface area contributed by atoms with Crippen molar-refractivity contribution in [2.75, 3.05) is 18.0 Å². The summed E-state index contributed by atoms with van der Waals surface area (Å²) >= 11 is 1.74. The largest absolute Gasteiger partial charge is 0.356 e. The summed E-state index contributed by atoms with van der Waals surface area (Å²) in [7, 11) is 0. The van der Waals surface area contributed by atoms with Crippen molar-refractivity contribution in [3.05, 3.63) is 45.4 Å². The first-order valence-electron chi connectivity index (χ1n) is 7.75. The number of anilines is 1. The van der Waals surface area contributed by atoms with Crippen molar-refractivity contribution in [2.45, 2.75) is 33.7 Å². The minimum Gasteiger partial charge on any atom is -0.356 e. The highest BCUT2D eigenvalue weighted by Crippen LogP contribution is 2.27. The van der Waals surface area contributed by atoms with E-state index in [1.807, 2.05) is 6.92 Å². The van der Waals surface area contributed by atoms with Crippen LogP contribution in [0, 0.1) is 13.8 Å². The number of aromatic nitrogens is 1. The maximum absolute atomic E-state index is 4.84. The van der Waals surface area contributed by atoms with Gasteiger partial charge in [0, 0.05) is 23.7 Å². The molecule has 0 bridgehead atoms. The number of nitrogens with one attached hydrogen (secondary N) is 1. The molecule has 1 aromatic heterocycles. The highest BCUT2D eigenvalue weighted by molar-refractivity contribution is 7.11. The van der Waals surface area contributed by atoms with Gasteiger partial charge in [0.15, 0.2) is 5.96 Å². The number of thiazole rings is 1. The van der Waals surface area contributed by atoms with Crippen LogP contribution in [0.3, 0.4) is 0 Å². The van der Waals surface area contributed by atoms with Gasteiger partial charge < -0.3 is 10.2 Å². The number of aliphatic imine (C=N–C) groups is 1. The SMILES string of the molecule is CCNC(=NCc1sc(C)nc1C)N1CCc2ccccc21. The molecule has 2 aromatic rings. The molecule has 0 unspecified atom stereocenters. The predicted octanol–water partition coefficient (Wildman–Crippen LogP) is 3.29. The molecule has 2 heterocycles. The molecule has 0 fully saturated rings. The Hall–Kier alpha value is -1.88. The molecule has 1 aliphatic rings. The van der Waals surface area contributed by atoms with E-state index < -0.39 is 0 Å². The lowest BCUT2D eigenvalue weighted by Crippen LogP contribution is -2.40. The molecule has 5 heteroatoms. The number of benzene rings is 1. The number of para-hydroxylation sites is 1. The van der Waals surface area contributed by atoms with Crippen molar-refractivity contribution < 1.29 is 0 Å². The average Bonchev–Trinajstić information content (AvgIpc) is 3.07. The third-order valence-corrected chi connectivity index (χ3v) is 4.91. The van der Waals surface area contributed by atoms with Gasteiger partial charge in [-0.25, -0.2) is 9.98 Å². The van der Waals surface area contributed by atoms with E-state index in [0.29, 0.717) is 6.54 Å². The molecule has 116 valence electrons.